The smallest absolute Gasteiger partial charge is 0.114 e. The second kappa shape index (κ2) is 3.98. The van der Waals surface area contributed by atoms with Gasteiger partial charge >= 0.3 is 0 Å². The van der Waals surface area contributed by atoms with Gasteiger partial charge in [-0.1, -0.05) is 6.92 Å². The third-order valence-corrected chi connectivity index (χ3v) is 4.55. The predicted molar refractivity (Wildman–Crippen MR) is 59.4 cm³/mol. The second-order valence-corrected chi connectivity index (χ2v) is 5.25. The van der Waals surface area contributed by atoms with Crippen molar-refractivity contribution in [1.82, 2.24) is 10.3 Å². The van der Waals surface area contributed by atoms with Gasteiger partial charge < -0.3 is 5.32 Å². The van der Waals surface area contributed by atoms with Gasteiger partial charge in [-0.05, 0) is 18.7 Å². The highest BCUT2D eigenvalue weighted by atomic mass is 32.2. The van der Waals surface area contributed by atoms with Gasteiger partial charge in [0.05, 0.1) is 5.54 Å². The summed E-state index contributed by atoms with van der Waals surface area (Å²) in [6, 6.07) is 0. The standard InChI is InChI=1S/C9H14N2S2/c1-2-11-9(3-5-12-7-9)8-10-4-6-13-8/h4,6,11H,2-3,5,7H2,1H3. The van der Waals surface area contributed by atoms with Crippen LogP contribution in [0.5, 0.6) is 0 Å². The van der Waals surface area contributed by atoms with Crippen LogP contribution in [0.25, 0.3) is 0 Å². The fourth-order valence-corrected chi connectivity index (χ4v) is 4.05. The number of thiazole rings is 1. The largest absolute Gasteiger partial charge is 0.305 e. The van der Waals surface area contributed by atoms with E-state index in [-0.39, 0.29) is 5.54 Å². The summed E-state index contributed by atoms with van der Waals surface area (Å²) in [6.07, 6.45) is 3.13. The van der Waals surface area contributed by atoms with Gasteiger partial charge in [0.1, 0.15) is 5.01 Å². The Hall–Kier alpha value is -0.0600. The molecule has 0 saturated carbocycles. The Morgan fingerprint density at radius 2 is 2.62 bits per heavy atom. The highest BCUT2D eigenvalue weighted by Gasteiger charge is 2.37. The number of hydrogen-bond acceptors (Lipinski definition) is 4. The summed E-state index contributed by atoms with van der Waals surface area (Å²) in [5, 5.41) is 6.92. The van der Waals surface area contributed by atoms with Crippen LogP contribution in [0.4, 0.5) is 0 Å². The zero-order valence-corrected chi connectivity index (χ0v) is 9.38. The van der Waals surface area contributed by atoms with Crippen LogP contribution in [-0.4, -0.2) is 23.0 Å². The molecule has 0 amide bonds. The molecular formula is C9H14N2S2. The lowest BCUT2D eigenvalue weighted by Crippen LogP contribution is -2.42. The first kappa shape index (κ1) is 9.49. The van der Waals surface area contributed by atoms with E-state index >= 15 is 0 Å². The minimum absolute atomic E-state index is 0.188. The number of thioether (sulfide) groups is 1. The Morgan fingerprint density at radius 1 is 1.69 bits per heavy atom. The molecule has 1 aromatic heterocycles. The first-order valence-corrected chi connectivity index (χ1v) is 6.63. The monoisotopic (exact) mass is 214 g/mol. The molecule has 1 saturated heterocycles. The highest BCUT2D eigenvalue weighted by molar-refractivity contribution is 7.99. The molecule has 1 fully saturated rings. The van der Waals surface area contributed by atoms with E-state index in [9.17, 15) is 0 Å². The van der Waals surface area contributed by atoms with Crippen molar-refractivity contribution >= 4 is 23.1 Å². The minimum atomic E-state index is 0.188. The number of rotatable bonds is 3. The lowest BCUT2D eigenvalue weighted by Gasteiger charge is -2.26. The van der Waals surface area contributed by atoms with Crippen LogP contribution in [0.15, 0.2) is 11.6 Å². The van der Waals surface area contributed by atoms with Crippen molar-refractivity contribution in [1.29, 1.82) is 0 Å². The Morgan fingerprint density at radius 3 is 3.15 bits per heavy atom. The molecule has 1 atom stereocenters. The molecule has 1 aliphatic rings. The van der Waals surface area contributed by atoms with Crippen molar-refractivity contribution in [3.8, 4) is 0 Å². The van der Waals surface area contributed by atoms with Crippen molar-refractivity contribution in [2.45, 2.75) is 18.9 Å². The van der Waals surface area contributed by atoms with E-state index in [1.165, 1.54) is 22.9 Å². The summed E-state index contributed by atoms with van der Waals surface area (Å²) in [6.45, 7) is 3.19. The van der Waals surface area contributed by atoms with Gasteiger partial charge in [0.2, 0.25) is 0 Å². The van der Waals surface area contributed by atoms with Crippen molar-refractivity contribution < 1.29 is 0 Å². The van der Waals surface area contributed by atoms with E-state index in [1.807, 2.05) is 18.0 Å². The average Bonchev–Trinajstić information content (AvgIpc) is 2.73. The predicted octanol–water partition coefficient (Wildman–Crippen LogP) is 2.08. The van der Waals surface area contributed by atoms with Gasteiger partial charge in [0, 0.05) is 17.3 Å². The molecule has 1 aliphatic heterocycles. The van der Waals surface area contributed by atoms with E-state index in [0.29, 0.717) is 0 Å². The maximum atomic E-state index is 4.43. The molecule has 0 bridgehead atoms. The molecular weight excluding hydrogens is 200 g/mol. The van der Waals surface area contributed by atoms with Crippen LogP contribution in [-0.2, 0) is 5.54 Å². The van der Waals surface area contributed by atoms with Crippen molar-refractivity contribution in [2.75, 3.05) is 18.1 Å². The van der Waals surface area contributed by atoms with Gasteiger partial charge in [-0.3, -0.25) is 0 Å². The SMILES string of the molecule is CCNC1(c2nccs2)CCSC1. The van der Waals surface area contributed by atoms with E-state index in [2.05, 4.69) is 22.6 Å². The highest BCUT2D eigenvalue weighted by Crippen LogP contribution is 2.37. The zero-order chi connectivity index (χ0) is 9.15. The van der Waals surface area contributed by atoms with Crippen molar-refractivity contribution in [2.24, 2.45) is 0 Å². The van der Waals surface area contributed by atoms with Crippen molar-refractivity contribution in [3.63, 3.8) is 0 Å². The summed E-state index contributed by atoms with van der Waals surface area (Å²) in [7, 11) is 0. The molecule has 2 nitrogen and oxygen atoms in total. The summed E-state index contributed by atoms with van der Waals surface area (Å²) in [5.41, 5.74) is 0.188. The number of aromatic nitrogens is 1. The van der Waals surface area contributed by atoms with Gasteiger partial charge in [0.25, 0.3) is 0 Å². The van der Waals surface area contributed by atoms with E-state index in [4.69, 9.17) is 0 Å². The third kappa shape index (κ3) is 1.75. The summed E-state index contributed by atoms with van der Waals surface area (Å²) in [4.78, 5) is 4.43. The maximum absolute atomic E-state index is 4.43. The molecule has 0 spiro atoms. The molecule has 0 aliphatic carbocycles. The topological polar surface area (TPSA) is 24.9 Å². The lowest BCUT2D eigenvalue weighted by molar-refractivity contribution is 0.385. The van der Waals surface area contributed by atoms with E-state index in [0.717, 1.165) is 6.54 Å². The van der Waals surface area contributed by atoms with E-state index < -0.39 is 0 Å². The molecule has 13 heavy (non-hydrogen) atoms. The molecule has 1 aromatic rings. The molecule has 0 radical (unpaired) electrons. The fourth-order valence-electron chi connectivity index (χ4n) is 1.75. The average molecular weight is 214 g/mol. The molecule has 72 valence electrons. The van der Waals surface area contributed by atoms with Crippen LogP contribution >= 0.6 is 23.1 Å². The molecule has 4 heteroatoms. The Labute approximate surface area is 87.1 Å². The van der Waals surface area contributed by atoms with Crippen LogP contribution in [0.1, 0.15) is 18.4 Å². The zero-order valence-electron chi connectivity index (χ0n) is 7.75. The minimum Gasteiger partial charge on any atom is -0.305 e. The normalized spacial score (nSPS) is 28.1. The van der Waals surface area contributed by atoms with Crippen molar-refractivity contribution in [3.05, 3.63) is 16.6 Å². The first-order chi connectivity index (χ1) is 6.37. The Balaban J connectivity index is 2.22. The quantitative estimate of drug-likeness (QED) is 0.834. The Kier molecular flexibility index (Phi) is 2.91. The van der Waals surface area contributed by atoms with Gasteiger partial charge in [-0.2, -0.15) is 11.8 Å². The first-order valence-electron chi connectivity index (χ1n) is 4.60. The molecule has 1 unspecified atom stereocenters. The summed E-state index contributed by atoms with van der Waals surface area (Å²) < 4.78 is 0. The summed E-state index contributed by atoms with van der Waals surface area (Å²) in [5.74, 6) is 2.43. The molecule has 2 rings (SSSR count). The van der Waals surface area contributed by atoms with Gasteiger partial charge in [0.15, 0.2) is 0 Å². The number of hydrogen-bond donors (Lipinski definition) is 1. The maximum Gasteiger partial charge on any atom is 0.114 e. The molecule has 0 aromatic carbocycles. The van der Waals surface area contributed by atoms with Crippen LogP contribution in [0.3, 0.4) is 0 Å². The lowest BCUT2D eigenvalue weighted by atomic mass is 10.00. The number of nitrogens with one attached hydrogen (secondary N) is 1. The molecule has 1 N–H and O–H groups in total. The number of nitrogens with zero attached hydrogens (tertiary/aromatic N) is 1. The van der Waals surface area contributed by atoms with Crippen LogP contribution in [0, 0.1) is 0 Å². The third-order valence-electron chi connectivity index (χ3n) is 2.38. The van der Waals surface area contributed by atoms with Crippen LogP contribution < -0.4 is 5.32 Å². The second-order valence-electron chi connectivity index (χ2n) is 3.25. The Bertz CT molecular complexity index is 253. The molecule has 2 heterocycles. The van der Waals surface area contributed by atoms with E-state index in [1.54, 1.807) is 11.3 Å². The van der Waals surface area contributed by atoms with Gasteiger partial charge in [-0.25, -0.2) is 4.98 Å². The fraction of sp³-hybridized carbons (Fsp3) is 0.667. The van der Waals surface area contributed by atoms with Gasteiger partial charge in [-0.15, -0.1) is 11.3 Å². The van der Waals surface area contributed by atoms with Crippen LogP contribution in [0.2, 0.25) is 0 Å². The summed E-state index contributed by atoms with van der Waals surface area (Å²) >= 11 is 3.80.